The Bertz CT molecular complexity index is 1910. The standard InChI is InChI=1S/C30H33FN8O2S2/c1-37-13-15-38(16-14-37)20-6-8-21(9-7-20)39-26-11-12-33-30(32)28(26)29(34-39)19-5-10-25(23(31)17-19)36-43(40,41)27-4-2-3-24-22(27)18-42-35-24/h2-5,10-12,17-18,20-21,36H,6-9,13-16H2,1H3,(H2,32,33). The van der Waals surface area contributed by atoms with Crippen LogP contribution in [0.15, 0.2) is 58.9 Å². The first-order valence-corrected chi connectivity index (χ1v) is 16.8. The number of fused-ring (bicyclic) bond motifs is 2. The molecule has 1 saturated carbocycles. The van der Waals surface area contributed by atoms with Gasteiger partial charge >= 0.3 is 0 Å². The molecule has 13 heteroatoms. The van der Waals surface area contributed by atoms with Crippen LogP contribution in [-0.2, 0) is 10.0 Å². The molecule has 1 aliphatic carbocycles. The van der Waals surface area contributed by atoms with Crippen molar-refractivity contribution in [3.05, 3.63) is 59.9 Å². The maximum absolute atomic E-state index is 15.5. The lowest BCUT2D eigenvalue weighted by molar-refractivity contribution is 0.0816. The number of sulfonamides is 1. The number of nitrogens with zero attached hydrogens (tertiary/aromatic N) is 6. The lowest BCUT2D eigenvalue weighted by Gasteiger charge is -2.41. The van der Waals surface area contributed by atoms with E-state index in [-0.39, 0.29) is 16.6 Å². The van der Waals surface area contributed by atoms with Gasteiger partial charge in [-0.3, -0.25) is 14.3 Å². The number of nitrogens with two attached hydrogens (primary N) is 1. The van der Waals surface area contributed by atoms with E-state index in [4.69, 9.17) is 10.8 Å². The Morgan fingerprint density at radius 3 is 2.56 bits per heavy atom. The molecule has 2 fully saturated rings. The van der Waals surface area contributed by atoms with Crippen LogP contribution in [0, 0.1) is 5.82 Å². The first-order valence-electron chi connectivity index (χ1n) is 14.5. The molecule has 10 nitrogen and oxygen atoms in total. The quantitative estimate of drug-likeness (QED) is 0.273. The summed E-state index contributed by atoms with van der Waals surface area (Å²) in [6, 6.07) is 11.9. The number of nitrogen functional groups attached to an aromatic ring is 1. The molecule has 7 rings (SSSR count). The number of anilines is 2. The van der Waals surface area contributed by atoms with Gasteiger partial charge in [0.05, 0.1) is 33.0 Å². The van der Waals surface area contributed by atoms with Crippen molar-refractivity contribution in [3.63, 3.8) is 0 Å². The van der Waals surface area contributed by atoms with Gasteiger partial charge in [-0.2, -0.15) is 9.47 Å². The molecular weight excluding hydrogens is 588 g/mol. The first-order chi connectivity index (χ1) is 20.8. The summed E-state index contributed by atoms with van der Waals surface area (Å²) in [5.41, 5.74) is 8.68. The van der Waals surface area contributed by atoms with Crippen LogP contribution < -0.4 is 10.5 Å². The van der Waals surface area contributed by atoms with E-state index in [2.05, 4.69) is 30.9 Å². The van der Waals surface area contributed by atoms with Crippen molar-refractivity contribution in [3.8, 4) is 11.3 Å². The molecule has 0 atom stereocenters. The summed E-state index contributed by atoms with van der Waals surface area (Å²) in [6.45, 7) is 4.44. The number of nitrogens with one attached hydrogen (secondary N) is 1. The average Bonchev–Trinajstić information content (AvgIpc) is 3.65. The fourth-order valence-electron chi connectivity index (χ4n) is 6.49. The topological polar surface area (TPSA) is 122 Å². The van der Waals surface area contributed by atoms with Gasteiger partial charge in [-0.15, -0.1) is 0 Å². The lowest BCUT2D eigenvalue weighted by atomic mass is 9.89. The molecular formula is C30H33FN8O2S2. The van der Waals surface area contributed by atoms with Crippen LogP contribution in [0.2, 0.25) is 0 Å². The first kappa shape index (κ1) is 28.1. The van der Waals surface area contributed by atoms with Crippen molar-refractivity contribution in [1.82, 2.24) is 28.9 Å². The summed E-state index contributed by atoms with van der Waals surface area (Å²) in [7, 11) is -1.88. The Kier molecular flexibility index (Phi) is 7.28. The Morgan fingerprint density at radius 2 is 1.79 bits per heavy atom. The number of benzene rings is 2. The van der Waals surface area contributed by atoms with Crippen LogP contribution in [-0.4, -0.2) is 76.6 Å². The molecule has 224 valence electrons. The molecule has 5 aromatic rings. The van der Waals surface area contributed by atoms with Crippen LogP contribution in [0.4, 0.5) is 15.9 Å². The minimum Gasteiger partial charge on any atom is -0.383 e. The highest BCUT2D eigenvalue weighted by Crippen LogP contribution is 2.38. The molecule has 43 heavy (non-hydrogen) atoms. The molecule has 0 radical (unpaired) electrons. The second-order valence-electron chi connectivity index (χ2n) is 11.5. The van der Waals surface area contributed by atoms with Gasteiger partial charge in [0, 0.05) is 54.7 Å². The van der Waals surface area contributed by atoms with E-state index in [1.54, 1.807) is 29.8 Å². The third-order valence-corrected chi connectivity index (χ3v) is 10.9. The molecule has 3 N–H and O–H groups in total. The van der Waals surface area contributed by atoms with Crippen molar-refractivity contribution in [2.75, 3.05) is 43.7 Å². The van der Waals surface area contributed by atoms with Crippen LogP contribution in [0.3, 0.4) is 0 Å². The molecule has 1 aliphatic heterocycles. The van der Waals surface area contributed by atoms with Crippen molar-refractivity contribution >= 4 is 54.9 Å². The number of halogens is 1. The predicted octanol–water partition coefficient (Wildman–Crippen LogP) is 4.96. The van der Waals surface area contributed by atoms with Gasteiger partial charge in [0.2, 0.25) is 0 Å². The molecule has 0 spiro atoms. The summed E-state index contributed by atoms with van der Waals surface area (Å²) in [5.74, 6) is -0.387. The zero-order valence-electron chi connectivity index (χ0n) is 23.8. The van der Waals surface area contributed by atoms with E-state index in [1.807, 2.05) is 10.7 Å². The van der Waals surface area contributed by atoms with Gasteiger partial charge in [0.25, 0.3) is 10.0 Å². The number of aromatic nitrogens is 4. The van der Waals surface area contributed by atoms with Gasteiger partial charge in [-0.25, -0.2) is 17.8 Å². The van der Waals surface area contributed by atoms with Crippen LogP contribution in [0.25, 0.3) is 33.1 Å². The van der Waals surface area contributed by atoms with Crippen LogP contribution >= 0.6 is 11.5 Å². The molecule has 2 aliphatic rings. The Balaban J connectivity index is 1.16. The van der Waals surface area contributed by atoms with Crippen molar-refractivity contribution in [2.24, 2.45) is 0 Å². The number of pyridine rings is 1. The third kappa shape index (κ3) is 5.24. The molecule has 0 amide bonds. The van der Waals surface area contributed by atoms with E-state index >= 15 is 4.39 Å². The Morgan fingerprint density at radius 1 is 1.02 bits per heavy atom. The highest BCUT2D eigenvalue weighted by molar-refractivity contribution is 7.93. The van der Waals surface area contributed by atoms with E-state index in [0.717, 1.165) is 57.4 Å². The number of hydrogen-bond donors (Lipinski definition) is 2. The zero-order valence-corrected chi connectivity index (χ0v) is 25.4. The molecule has 3 aromatic heterocycles. The van der Waals surface area contributed by atoms with Gasteiger partial charge in [-0.1, -0.05) is 12.1 Å². The highest BCUT2D eigenvalue weighted by Gasteiger charge is 2.30. The summed E-state index contributed by atoms with van der Waals surface area (Å²) >= 11 is 1.17. The maximum atomic E-state index is 15.5. The highest BCUT2D eigenvalue weighted by atomic mass is 32.2. The summed E-state index contributed by atoms with van der Waals surface area (Å²) in [5, 5.41) is 7.82. The molecule has 2 aromatic carbocycles. The molecule has 0 bridgehead atoms. The summed E-state index contributed by atoms with van der Waals surface area (Å²) < 4.78 is 50.6. The van der Waals surface area contributed by atoms with Gasteiger partial charge < -0.3 is 10.6 Å². The van der Waals surface area contributed by atoms with Gasteiger partial charge in [0.15, 0.2) is 0 Å². The minimum absolute atomic E-state index is 0.0492. The number of piperazine rings is 1. The van der Waals surface area contributed by atoms with Crippen LogP contribution in [0.5, 0.6) is 0 Å². The summed E-state index contributed by atoms with van der Waals surface area (Å²) in [4.78, 5) is 9.35. The second-order valence-corrected chi connectivity index (χ2v) is 13.8. The van der Waals surface area contributed by atoms with Crippen molar-refractivity contribution in [1.29, 1.82) is 0 Å². The van der Waals surface area contributed by atoms with Crippen LogP contribution in [0.1, 0.15) is 31.7 Å². The van der Waals surface area contributed by atoms with E-state index in [0.29, 0.717) is 39.4 Å². The smallest absolute Gasteiger partial charge is 0.262 e. The molecule has 1 saturated heterocycles. The second kappa shape index (κ2) is 11.1. The Hall–Kier alpha value is -3.65. The third-order valence-electron chi connectivity index (χ3n) is 8.86. The van der Waals surface area contributed by atoms with Gasteiger partial charge in [-0.05, 0) is 74.6 Å². The average molecular weight is 621 g/mol. The van der Waals surface area contributed by atoms with Crippen molar-refractivity contribution < 1.29 is 12.8 Å². The van der Waals surface area contributed by atoms with Gasteiger partial charge in [0.1, 0.15) is 17.3 Å². The SMILES string of the molecule is CN1CCN(C2CCC(n3nc(-c4ccc(NS(=O)(=O)c5cccc6nscc56)c(F)c4)c4c(N)nccc43)CC2)CC1. The fourth-order valence-corrected chi connectivity index (χ4v) is 8.52. The number of likely N-dealkylation sites (N-methyl/N-ethyl adjacent to an activating group) is 1. The molecule has 0 unspecified atom stereocenters. The summed E-state index contributed by atoms with van der Waals surface area (Å²) in [6.07, 6.45) is 5.87. The largest absolute Gasteiger partial charge is 0.383 e. The van der Waals surface area contributed by atoms with Crippen molar-refractivity contribution in [2.45, 2.75) is 42.7 Å². The number of hydrogen-bond acceptors (Lipinski definition) is 9. The normalized spacial score (nSPS) is 20.6. The lowest BCUT2D eigenvalue weighted by Crippen LogP contribution is -2.49. The van der Waals surface area contributed by atoms with E-state index in [1.165, 1.54) is 29.7 Å². The fraction of sp³-hybridized carbons (Fsp3) is 0.367. The molecule has 4 heterocycles. The minimum atomic E-state index is -4.06. The Labute approximate surface area is 253 Å². The number of rotatable bonds is 6. The predicted molar refractivity (Wildman–Crippen MR) is 168 cm³/mol. The zero-order chi connectivity index (χ0) is 29.7. The van der Waals surface area contributed by atoms with E-state index in [9.17, 15) is 8.42 Å². The van der Waals surface area contributed by atoms with E-state index < -0.39 is 15.8 Å². The monoisotopic (exact) mass is 620 g/mol. The maximum Gasteiger partial charge on any atom is 0.262 e.